The molecule has 1 aromatic rings. The molecule has 7 heteroatoms. The van der Waals surface area contributed by atoms with E-state index in [9.17, 15) is 9.59 Å². The zero-order chi connectivity index (χ0) is 18.3. The Balaban J connectivity index is 1.86. The summed E-state index contributed by atoms with van der Waals surface area (Å²) in [4.78, 5) is 25.9. The Hall–Kier alpha value is -1.11. The molecule has 0 aliphatic heterocycles. The minimum absolute atomic E-state index is 0.0740. The van der Waals surface area contributed by atoms with Crippen LogP contribution in [0.15, 0.2) is 30.3 Å². The van der Waals surface area contributed by atoms with Gasteiger partial charge >= 0.3 is 5.97 Å². The van der Waals surface area contributed by atoms with Crippen molar-refractivity contribution < 1.29 is 19.1 Å². The monoisotopic (exact) mass is 431 g/mol. The standard InChI is InChI=1S/C18H23BrClNO4/c1-24-17(23)16(20)18(8-9-18)21(15(22)12-19)10-5-11-25-13-14-6-3-2-4-7-14/h2-4,6-7,16H,5,8-13H2,1H3. The number of hydrogen-bond donors (Lipinski definition) is 0. The predicted molar refractivity (Wildman–Crippen MR) is 99.8 cm³/mol. The summed E-state index contributed by atoms with van der Waals surface area (Å²) >= 11 is 9.50. The lowest BCUT2D eigenvalue weighted by Gasteiger charge is -2.34. The maximum Gasteiger partial charge on any atom is 0.326 e. The van der Waals surface area contributed by atoms with Gasteiger partial charge in [0.25, 0.3) is 0 Å². The van der Waals surface area contributed by atoms with Crippen LogP contribution in [0.1, 0.15) is 24.8 Å². The number of alkyl halides is 2. The molecule has 0 aromatic heterocycles. The lowest BCUT2D eigenvalue weighted by molar-refractivity contribution is -0.143. The van der Waals surface area contributed by atoms with E-state index in [1.807, 2.05) is 30.3 Å². The molecule has 1 amide bonds. The number of esters is 1. The molecular weight excluding hydrogens is 410 g/mol. The molecule has 2 rings (SSSR count). The van der Waals surface area contributed by atoms with Crippen molar-refractivity contribution in [3.63, 3.8) is 0 Å². The van der Waals surface area contributed by atoms with E-state index in [1.165, 1.54) is 7.11 Å². The first-order chi connectivity index (χ1) is 12.0. The Kier molecular flexibility index (Phi) is 7.72. The SMILES string of the molecule is COC(=O)C(Cl)C1(N(CCCOCc2ccccc2)C(=O)CBr)CC1. The van der Waals surface area contributed by atoms with Crippen molar-refractivity contribution in [3.05, 3.63) is 35.9 Å². The summed E-state index contributed by atoms with van der Waals surface area (Å²) in [5.74, 6) is -0.568. The molecule has 0 bridgehead atoms. The summed E-state index contributed by atoms with van der Waals surface area (Å²) in [7, 11) is 1.31. The second kappa shape index (κ2) is 9.55. The molecule has 1 aliphatic rings. The fourth-order valence-electron chi connectivity index (χ4n) is 2.87. The molecule has 138 valence electrons. The Morgan fingerprint density at radius 2 is 2.00 bits per heavy atom. The maximum atomic E-state index is 12.3. The number of hydrogen-bond acceptors (Lipinski definition) is 4. The highest BCUT2D eigenvalue weighted by Crippen LogP contribution is 2.47. The van der Waals surface area contributed by atoms with Crippen molar-refractivity contribution in [3.8, 4) is 0 Å². The van der Waals surface area contributed by atoms with Gasteiger partial charge in [0.1, 0.15) is 0 Å². The molecule has 25 heavy (non-hydrogen) atoms. The zero-order valence-corrected chi connectivity index (χ0v) is 16.6. The van der Waals surface area contributed by atoms with E-state index in [4.69, 9.17) is 21.1 Å². The van der Waals surface area contributed by atoms with Gasteiger partial charge in [0, 0.05) is 13.2 Å². The summed E-state index contributed by atoms with van der Waals surface area (Å²) in [5.41, 5.74) is 0.486. The maximum absolute atomic E-state index is 12.3. The van der Waals surface area contributed by atoms with Crippen LogP contribution in [-0.4, -0.2) is 53.3 Å². The first-order valence-electron chi connectivity index (χ1n) is 8.25. The van der Waals surface area contributed by atoms with Crippen LogP contribution < -0.4 is 0 Å². The van der Waals surface area contributed by atoms with E-state index in [1.54, 1.807) is 4.90 Å². The molecular formula is C18H23BrClNO4. The first-order valence-corrected chi connectivity index (χ1v) is 9.81. The van der Waals surface area contributed by atoms with Gasteiger partial charge in [0.2, 0.25) is 5.91 Å². The van der Waals surface area contributed by atoms with Crippen molar-refractivity contribution >= 4 is 39.4 Å². The van der Waals surface area contributed by atoms with Crippen molar-refractivity contribution in [2.75, 3.05) is 25.6 Å². The second-order valence-electron chi connectivity index (χ2n) is 6.06. The Bertz CT molecular complexity index is 580. The number of halogens is 2. The Morgan fingerprint density at radius 1 is 1.32 bits per heavy atom. The molecule has 0 saturated heterocycles. The molecule has 1 aromatic carbocycles. The van der Waals surface area contributed by atoms with Gasteiger partial charge in [-0.2, -0.15) is 0 Å². The fourth-order valence-corrected chi connectivity index (χ4v) is 3.60. The van der Waals surface area contributed by atoms with Gasteiger partial charge < -0.3 is 14.4 Å². The molecule has 0 radical (unpaired) electrons. The first kappa shape index (κ1) is 20.2. The molecule has 0 spiro atoms. The summed E-state index contributed by atoms with van der Waals surface area (Å²) in [6, 6.07) is 9.92. The number of ether oxygens (including phenoxy) is 2. The largest absolute Gasteiger partial charge is 0.468 e. The zero-order valence-electron chi connectivity index (χ0n) is 14.2. The van der Waals surface area contributed by atoms with E-state index in [-0.39, 0.29) is 11.2 Å². The molecule has 1 fully saturated rings. The van der Waals surface area contributed by atoms with Crippen molar-refractivity contribution in [2.45, 2.75) is 36.8 Å². The molecule has 1 aliphatic carbocycles. The third-order valence-electron chi connectivity index (χ3n) is 4.38. The molecule has 0 heterocycles. The quantitative estimate of drug-likeness (QED) is 0.324. The number of benzene rings is 1. The summed E-state index contributed by atoms with van der Waals surface area (Å²) in [6.07, 6.45) is 2.10. The minimum Gasteiger partial charge on any atom is -0.468 e. The smallest absolute Gasteiger partial charge is 0.326 e. The van der Waals surface area contributed by atoms with Gasteiger partial charge in [-0.3, -0.25) is 9.59 Å². The third kappa shape index (κ3) is 5.19. The van der Waals surface area contributed by atoms with E-state index < -0.39 is 16.9 Å². The Morgan fingerprint density at radius 3 is 2.56 bits per heavy atom. The van der Waals surface area contributed by atoms with Gasteiger partial charge in [0.05, 0.1) is 24.6 Å². The molecule has 1 unspecified atom stereocenters. The van der Waals surface area contributed by atoms with Crippen molar-refractivity contribution in [1.82, 2.24) is 4.90 Å². The minimum atomic E-state index is -0.842. The van der Waals surface area contributed by atoms with Crippen LogP contribution in [0.4, 0.5) is 0 Å². The molecule has 1 saturated carbocycles. The van der Waals surface area contributed by atoms with Gasteiger partial charge in [-0.15, -0.1) is 11.6 Å². The topological polar surface area (TPSA) is 55.8 Å². The van der Waals surface area contributed by atoms with Gasteiger partial charge in [-0.25, -0.2) is 0 Å². The van der Waals surface area contributed by atoms with Gasteiger partial charge in [0.15, 0.2) is 5.38 Å². The van der Waals surface area contributed by atoms with Crippen LogP contribution in [0.3, 0.4) is 0 Å². The second-order valence-corrected chi connectivity index (χ2v) is 7.06. The van der Waals surface area contributed by atoms with Crippen molar-refractivity contribution in [1.29, 1.82) is 0 Å². The van der Waals surface area contributed by atoms with E-state index in [2.05, 4.69) is 15.9 Å². The predicted octanol–water partition coefficient (Wildman–Crippen LogP) is 3.13. The number of carbonyl (C=O) groups is 2. The highest BCUT2D eigenvalue weighted by atomic mass is 79.9. The molecule has 5 nitrogen and oxygen atoms in total. The normalized spacial score (nSPS) is 16.1. The molecule has 0 N–H and O–H groups in total. The molecule has 1 atom stereocenters. The highest BCUT2D eigenvalue weighted by molar-refractivity contribution is 9.09. The number of carbonyl (C=O) groups excluding carboxylic acids is 2. The summed E-state index contributed by atoms with van der Waals surface area (Å²) in [5, 5.41) is -0.643. The number of rotatable bonds is 10. The van der Waals surface area contributed by atoms with Crippen LogP contribution in [0, 0.1) is 0 Å². The van der Waals surface area contributed by atoms with Crippen LogP contribution in [-0.2, 0) is 25.7 Å². The third-order valence-corrected chi connectivity index (χ3v) is 5.44. The van der Waals surface area contributed by atoms with Gasteiger partial charge in [-0.1, -0.05) is 46.3 Å². The van der Waals surface area contributed by atoms with Crippen LogP contribution in [0.5, 0.6) is 0 Å². The summed E-state index contributed by atoms with van der Waals surface area (Å²) in [6.45, 7) is 1.57. The Labute approximate surface area is 161 Å². The van der Waals surface area contributed by atoms with Crippen LogP contribution in [0.2, 0.25) is 0 Å². The number of nitrogens with zero attached hydrogens (tertiary/aromatic N) is 1. The average Bonchev–Trinajstić information content (AvgIpc) is 3.45. The lowest BCUT2D eigenvalue weighted by atomic mass is 10.1. The van der Waals surface area contributed by atoms with Gasteiger partial charge in [-0.05, 0) is 24.8 Å². The van der Waals surface area contributed by atoms with E-state index in [0.717, 1.165) is 5.56 Å². The fraction of sp³-hybridized carbons (Fsp3) is 0.556. The lowest BCUT2D eigenvalue weighted by Crippen LogP contribution is -2.51. The van der Waals surface area contributed by atoms with E-state index >= 15 is 0 Å². The van der Waals surface area contributed by atoms with Crippen LogP contribution >= 0.6 is 27.5 Å². The number of methoxy groups -OCH3 is 1. The van der Waals surface area contributed by atoms with Crippen molar-refractivity contribution in [2.24, 2.45) is 0 Å². The van der Waals surface area contributed by atoms with E-state index in [0.29, 0.717) is 39.0 Å². The highest BCUT2D eigenvalue weighted by Gasteiger charge is 2.57. The number of amides is 1. The van der Waals surface area contributed by atoms with Crippen LogP contribution in [0.25, 0.3) is 0 Å². The average molecular weight is 433 g/mol. The summed E-state index contributed by atoms with van der Waals surface area (Å²) < 4.78 is 10.4.